The summed E-state index contributed by atoms with van der Waals surface area (Å²) in [5.74, 6) is 0.432. The Labute approximate surface area is 65.9 Å². The second-order valence-corrected chi connectivity index (χ2v) is 2.34. The molecule has 0 unspecified atom stereocenters. The van der Waals surface area contributed by atoms with Crippen molar-refractivity contribution in [3.05, 3.63) is 36.4 Å². The molecule has 0 saturated carbocycles. The minimum absolute atomic E-state index is 0.432. The summed E-state index contributed by atoms with van der Waals surface area (Å²) in [6.07, 6.45) is 3.45. The van der Waals surface area contributed by atoms with Gasteiger partial charge in [-0.25, -0.2) is 0 Å². The first-order chi connectivity index (χ1) is 5.20. The fourth-order valence-corrected chi connectivity index (χ4v) is 0.768. The number of nitrogens with one attached hydrogen (secondary N) is 1. The second-order valence-electron chi connectivity index (χ2n) is 2.34. The second kappa shape index (κ2) is 3.05. The smallest absolute Gasteiger partial charge is 0.0931 e. The molecule has 1 rings (SSSR count). The minimum atomic E-state index is 0.432. The first-order valence-corrected chi connectivity index (χ1v) is 3.32. The van der Waals surface area contributed by atoms with Crippen molar-refractivity contribution in [2.24, 2.45) is 5.73 Å². The van der Waals surface area contributed by atoms with Crippen molar-refractivity contribution in [2.75, 3.05) is 5.32 Å². The van der Waals surface area contributed by atoms with E-state index in [4.69, 9.17) is 5.73 Å². The van der Waals surface area contributed by atoms with E-state index in [1.807, 2.05) is 13.0 Å². The molecule has 11 heavy (non-hydrogen) atoms. The number of hydrogen-bond donors (Lipinski definition) is 2. The summed E-state index contributed by atoms with van der Waals surface area (Å²) in [5, 5.41) is 2.89. The monoisotopic (exact) mass is 149 g/mol. The maximum absolute atomic E-state index is 5.36. The van der Waals surface area contributed by atoms with Gasteiger partial charge >= 0.3 is 0 Å². The predicted molar refractivity (Wildman–Crippen MR) is 45.9 cm³/mol. The van der Waals surface area contributed by atoms with Crippen LogP contribution in [0.15, 0.2) is 30.9 Å². The van der Waals surface area contributed by atoms with E-state index >= 15 is 0 Å². The van der Waals surface area contributed by atoms with Crippen molar-refractivity contribution >= 4 is 5.69 Å². The summed E-state index contributed by atoms with van der Waals surface area (Å²) in [4.78, 5) is 3.94. The fourth-order valence-electron chi connectivity index (χ4n) is 0.768. The van der Waals surface area contributed by atoms with Crippen molar-refractivity contribution < 1.29 is 0 Å². The van der Waals surface area contributed by atoms with Crippen LogP contribution in [0.4, 0.5) is 5.69 Å². The highest BCUT2D eigenvalue weighted by molar-refractivity contribution is 5.51. The highest BCUT2D eigenvalue weighted by Crippen LogP contribution is 2.11. The van der Waals surface area contributed by atoms with Gasteiger partial charge in [0.1, 0.15) is 0 Å². The van der Waals surface area contributed by atoms with Gasteiger partial charge in [-0.3, -0.25) is 4.98 Å². The Bertz CT molecular complexity index is 268. The Kier molecular flexibility index (Phi) is 2.11. The molecule has 3 nitrogen and oxygen atoms in total. The van der Waals surface area contributed by atoms with Crippen LogP contribution in [0.1, 0.15) is 5.56 Å². The van der Waals surface area contributed by atoms with Crippen LogP contribution >= 0.6 is 0 Å². The van der Waals surface area contributed by atoms with Gasteiger partial charge in [0.15, 0.2) is 0 Å². The molecule has 1 aromatic rings. The fraction of sp³-hybridized carbons (Fsp3) is 0.125. The van der Waals surface area contributed by atoms with Crippen molar-refractivity contribution in [1.29, 1.82) is 0 Å². The van der Waals surface area contributed by atoms with Gasteiger partial charge in [-0.1, -0.05) is 6.58 Å². The van der Waals surface area contributed by atoms with Gasteiger partial charge in [0, 0.05) is 6.20 Å². The largest absolute Gasteiger partial charge is 0.386 e. The Morgan fingerprint density at radius 3 is 3.00 bits per heavy atom. The first kappa shape index (κ1) is 7.60. The number of aryl methyl sites for hydroxylation is 1. The van der Waals surface area contributed by atoms with Gasteiger partial charge in [-0.05, 0) is 18.6 Å². The molecule has 0 aliphatic rings. The quantitative estimate of drug-likeness (QED) is 0.665. The molecule has 58 valence electrons. The van der Waals surface area contributed by atoms with Crippen LogP contribution in [0, 0.1) is 6.92 Å². The molecule has 1 heterocycles. The third kappa shape index (κ3) is 1.97. The van der Waals surface area contributed by atoms with Crippen LogP contribution < -0.4 is 11.1 Å². The van der Waals surface area contributed by atoms with Gasteiger partial charge in [-0.2, -0.15) is 0 Å². The Balaban J connectivity index is 2.86. The van der Waals surface area contributed by atoms with Gasteiger partial charge in [0.2, 0.25) is 0 Å². The number of aromatic nitrogens is 1. The number of anilines is 1. The minimum Gasteiger partial charge on any atom is -0.386 e. The van der Waals surface area contributed by atoms with Crippen molar-refractivity contribution in [2.45, 2.75) is 6.92 Å². The molecule has 0 bridgehead atoms. The molecule has 0 amide bonds. The topological polar surface area (TPSA) is 50.9 Å². The Morgan fingerprint density at radius 1 is 1.73 bits per heavy atom. The van der Waals surface area contributed by atoms with Crippen LogP contribution in [-0.4, -0.2) is 4.98 Å². The summed E-state index contributed by atoms with van der Waals surface area (Å²) < 4.78 is 0. The Morgan fingerprint density at radius 2 is 2.45 bits per heavy atom. The van der Waals surface area contributed by atoms with E-state index in [1.54, 1.807) is 12.4 Å². The van der Waals surface area contributed by atoms with E-state index in [1.165, 1.54) is 0 Å². The average molecular weight is 149 g/mol. The van der Waals surface area contributed by atoms with E-state index in [0.29, 0.717) is 5.82 Å². The molecule has 0 aromatic carbocycles. The summed E-state index contributed by atoms with van der Waals surface area (Å²) in [5.41, 5.74) is 7.37. The zero-order valence-corrected chi connectivity index (χ0v) is 6.46. The molecular formula is C8H11N3. The Hall–Kier alpha value is -1.51. The molecule has 0 atom stereocenters. The standard InChI is InChI=1S/C8H11N3/c1-6-3-4-10-5-8(6)11-7(2)9/h3-5,11H,2,9H2,1H3. The third-order valence-corrected chi connectivity index (χ3v) is 1.33. The molecule has 3 N–H and O–H groups in total. The highest BCUT2D eigenvalue weighted by atomic mass is 15.0. The van der Waals surface area contributed by atoms with Gasteiger partial charge in [-0.15, -0.1) is 0 Å². The molecule has 1 aromatic heterocycles. The van der Waals surface area contributed by atoms with E-state index in [2.05, 4.69) is 16.9 Å². The summed E-state index contributed by atoms with van der Waals surface area (Å²) in [7, 11) is 0. The summed E-state index contributed by atoms with van der Waals surface area (Å²) >= 11 is 0. The van der Waals surface area contributed by atoms with Crippen molar-refractivity contribution in [3.63, 3.8) is 0 Å². The molecule has 0 aliphatic heterocycles. The molecule has 3 heteroatoms. The number of hydrogen-bond acceptors (Lipinski definition) is 3. The highest BCUT2D eigenvalue weighted by Gasteiger charge is 1.94. The molecular weight excluding hydrogens is 138 g/mol. The van der Waals surface area contributed by atoms with Gasteiger partial charge < -0.3 is 11.1 Å². The van der Waals surface area contributed by atoms with Gasteiger partial charge in [0.05, 0.1) is 17.7 Å². The SMILES string of the molecule is C=C(N)Nc1cnccc1C. The predicted octanol–water partition coefficient (Wildman–Crippen LogP) is 1.23. The van der Waals surface area contributed by atoms with E-state index in [-0.39, 0.29) is 0 Å². The normalized spacial score (nSPS) is 9.18. The third-order valence-electron chi connectivity index (χ3n) is 1.33. The number of nitrogens with zero attached hydrogens (tertiary/aromatic N) is 1. The molecule has 0 aliphatic carbocycles. The first-order valence-electron chi connectivity index (χ1n) is 3.32. The number of pyridine rings is 1. The number of rotatable bonds is 2. The average Bonchev–Trinajstić information content (AvgIpc) is 1.93. The van der Waals surface area contributed by atoms with E-state index in [9.17, 15) is 0 Å². The van der Waals surface area contributed by atoms with Crippen LogP contribution in [0.3, 0.4) is 0 Å². The summed E-state index contributed by atoms with van der Waals surface area (Å²) in [6.45, 7) is 5.51. The summed E-state index contributed by atoms with van der Waals surface area (Å²) in [6, 6.07) is 1.91. The van der Waals surface area contributed by atoms with Crippen LogP contribution in [0.2, 0.25) is 0 Å². The van der Waals surface area contributed by atoms with Crippen molar-refractivity contribution in [3.8, 4) is 0 Å². The molecule has 0 spiro atoms. The molecule has 0 radical (unpaired) electrons. The van der Waals surface area contributed by atoms with Gasteiger partial charge in [0.25, 0.3) is 0 Å². The van der Waals surface area contributed by atoms with E-state index in [0.717, 1.165) is 11.3 Å². The lowest BCUT2D eigenvalue weighted by atomic mass is 10.2. The lowest BCUT2D eigenvalue weighted by Crippen LogP contribution is -2.07. The lowest BCUT2D eigenvalue weighted by Gasteiger charge is -2.06. The van der Waals surface area contributed by atoms with Crippen molar-refractivity contribution in [1.82, 2.24) is 4.98 Å². The molecule has 0 fully saturated rings. The zero-order valence-electron chi connectivity index (χ0n) is 6.46. The van der Waals surface area contributed by atoms with Crippen LogP contribution in [0.5, 0.6) is 0 Å². The van der Waals surface area contributed by atoms with Crippen LogP contribution in [-0.2, 0) is 0 Å². The zero-order chi connectivity index (χ0) is 8.27. The maximum atomic E-state index is 5.36. The maximum Gasteiger partial charge on any atom is 0.0931 e. The molecule has 0 saturated heterocycles. The lowest BCUT2D eigenvalue weighted by molar-refractivity contribution is 1.24. The van der Waals surface area contributed by atoms with Crippen LogP contribution in [0.25, 0.3) is 0 Å². The van der Waals surface area contributed by atoms with E-state index < -0.39 is 0 Å². The number of nitrogens with two attached hydrogens (primary N) is 1.